The minimum Gasteiger partial charge on any atom is -0.371 e. The lowest BCUT2D eigenvalue weighted by atomic mass is 10.1. The molecule has 2 aliphatic heterocycles. The number of aryl methyl sites for hydroxylation is 1. The Morgan fingerprint density at radius 3 is 2.45 bits per heavy atom. The van der Waals surface area contributed by atoms with Crippen LogP contribution in [0, 0.1) is 6.92 Å². The van der Waals surface area contributed by atoms with Crippen LogP contribution in [0.25, 0.3) is 6.08 Å². The third kappa shape index (κ3) is 3.53. The lowest BCUT2D eigenvalue weighted by Crippen LogP contribution is -2.20. The molecule has 1 aromatic carbocycles. The lowest BCUT2D eigenvalue weighted by Gasteiger charge is -2.22. The standard InChI is InChI=1S/C15H16N2O2S.C2H6/c1-10-5-4-6-11(13(10)17-7-2-3-8-17)9-12-14(18)16-15(19)20-12;1-2/h4-6,9H,2-3,7-8H2,1H3,(H,16,18,19);1-2H3/b12-9-;. The molecule has 0 aliphatic carbocycles. The van der Waals surface area contributed by atoms with Crippen molar-refractivity contribution in [3.63, 3.8) is 0 Å². The fourth-order valence-electron chi connectivity index (χ4n) is 2.73. The van der Waals surface area contributed by atoms with Crippen LogP contribution in [0.2, 0.25) is 0 Å². The van der Waals surface area contributed by atoms with Gasteiger partial charge in [-0.1, -0.05) is 32.0 Å². The van der Waals surface area contributed by atoms with Crippen LogP contribution in [0.3, 0.4) is 0 Å². The second-order valence-corrected chi connectivity index (χ2v) is 6.07. The molecule has 0 radical (unpaired) electrons. The van der Waals surface area contributed by atoms with E-state index in [-0.39, 0.29) is 11.1 Å². The molecule has 22 heavy (non-hydrogen) atoms. The first-order valence-corrected chi connectivity index (χ1v) is 8.56. The molecule has 118 valence electrons. The number of hydrogen-bond donors (Lipinski definition) is 1. The highest BCUT2D eigenvalue weighted by molar-refractivity contribution is 8.18. The van der Waals surface area contributed by atoms with Crippen LogP contribution in [-0.2, 0) is 4.79 Å². The van der Waals surface area contributed by atoms with Gasteiger partial charge in [-0.2, -0.15) is 0 Å². The highest BCUT2D eigenvalue weighted by atomic mass is 32.2. The Hall–Kier alpha value is -1.75. The Kier molecular flexibility index (Phi) is 5.66. The zero-order valence-electron chi connectivity index (χ0n) is 13.3. The van der Waals surface area contributed by atoms with Crippen molar-refractivity contribution < 1.29 is 9.59 Å². The molecule has 0 spiro atoms. The molecule has 2 heterocycles. The van der Waals surface area contributed by atoms with E-state index >= 15 is 0 Å². The van der Waals surface area contributed by atoms with E-state index in [1.165, 1.54) is 24.1 Å². The Bertz CT molecular complexity index is 605. The summed E-state index contributed by atoms with van der Waals surface area (Å²) in [4.78, 5) is 25.7. The molecule has 0 bridgehead atoms. The van der Waals surface area contributed by atoms with Gasteiger partial charge in [0, 0.05) is 18.8 Å². The monoisotopic (exact) mass is 318 g/mol. The molecule has 0 saturated carbocycles. The SMILES string of the molecule is CC.Cc1cccc(/C=C2\SC(=O)NC2=O)c1N1CCCC1. The molecule has 2 fully saturated rings. The predicted octanol–water partition coefficient (Wildman–Crippen LogP) is 3.95. The highest BCUT2D eigenvalue weighted by Gasteiger charge is 2.26. The summed E-state index contributed by atoms with van der Waals surface area (Å²) in [5.74, 6) is -0.297. The molecule has 1 N–H and O–H groups in total. The van der Waals surface area contributed by atoms with E-state index in [1.807, 2.05) is 32.1 Å². The molecule has 2 saturated heterocycles. The van der Waals surface area contributed by atoms with Crippen molar-refractivity contribution in [1.82, 2.24) is 5.32 Å². The smallest absolute Gasteiger partial charge is 0.290 e. The van der Waals surface area contributed by atoms with Gasteiger partial charge in [0.05, 0.1) is 4.91 Å². The number of carbonyl (C=O) groups is 2. The number of benzene rings is 1. The second kappa shape index (κ2) is 7.49. The zero-order chi connectivity index (χ0) is 16.1. The van der Waals surface area contributed by atoms with Gasteiger partial charge in [0.2, 0.25) is 0 Å². The fourth-order valence-corrected chi connectivity index (χ4v) is 3.41. The summed E-state index contributed by atoms with van der Waals surface area (Å²) >= 11 is 0.969. The van der Waals surface area contributed by atoms with Gasteiger partial charge >= 0.3 is 0 Å². The molecule has 4 nitrogen and oxygen atoms in total. The molecular weight excluding hydrogens is 296 g/mol. The first-order valence-electron chi connectivity index (χ1n) is 7.74. The van der Waals surface area contributed by atoms with Crippen molar-refractivity contribution in [1.29, 1.82) is 0 Å². The number of carbonyl (C=O) groups excluding carboxylic acids is 2. The fraction of sp³-hybridized carbons (Fsp3) is 0.412. The van der Waals surface area contributed by atoms with Crippen LogP contribution in [-0.4, -0.2) is 24.2 Å². The number of rotatable bonds is 2. The summed E-state index contributed by atoms with van der Waals surface area (Å²) in [7, 11) is 0. The van der Waals surface area contributed by atoms with E-state index in [9.17, 15) is 9.59 Å². The number of hydrogen-bond acceptors (Lipinski definition) is 4. The van der Waals surface area contributed by atoms with Crippen LogP contribution in [0.15, 0.2) is 23.1 Å². The number of anilines is 1. The second-order valence-electron chi connectivity index (χ2n) is 5.06. The topological polar surface area (TPSA) is 49.4 Å². The molecule has 0 unspecified atom stereocenters. The maximum atomic E-state index is 11.7. The average molecular weight is 318 g/mol. The normalized spacial score (nSPS) is 19.2. The van der Waals surface area contributed by atoms with Crippen molar-refractivity contribution in [3.8, 4) is 0 Å². The maximum Gasteiger partial charge on any atom is 0.290 e. The van der Waals surface area contributed by atoms with Gasteiger partial charge in [0.25, 0.3) is 11.1 Å². The number of imide groups is 1. The Balaban J connectivity index is 0.000000847. The summed E-state index contributed by atoms with van der Waals surface area (Å²) in [5.41, 5.74) is 3.40. The molecule has 3 rings (SSSR count). The number of thioether (sulfide) groups is 1. The van der Waals surface area contributed by atoms with Crippen LogP contribution in [0.1, 0.15) is 37.8 Å². The zero-order valence-corrected chi connectivity index (χ0v) is 14.1. The Labute approximate surface area is 136 Å². The van der Waals surface area contributed by atoms with Gasteiger partial charge in [-0.25, -0.2) is 0 Å². The van der Waals surface area contributed by atoms with Gasteiger partial charge in [-0.3, -0.25) is 14.9 Å². The number of para-hydroxylation sites is 1. The minimum absolute atomic E-state index is 0.295. The summed E-state index contributed by atoms with van der Waals surface area (Å²) in [6.07, 6.45) is 4.24. The van der Waals surface area contributed by atoms with E-state index < -0.39 is 0 Å². The largest absolute Gasteiger partial charge is 0.371 e. The molecule has 1 aromatic rings. The number of nitrogens with zero attached hydrogens (tertiary/aromatic N) is 1. The van der Waals surface area contributed by atoms with Gasteiger partial charge in [-0.15, -0.1) is 0 Å². The first kappa shape index (κ1) is 16.6. The van der Waals surface area contributed by atoms with Gasteiger partial charge < -0.3 is 4.90 Å². The molecular formula is C17H22N2O2S. The van der Waals surface area contributed by atoms with Crippen LogP contribution in [0.5, 0.6) is 0 Å². The van der Waals surface area contributed by atoms with Gasteiger partial charge in [0.15, 0.2) is 0 Å². The third-order valence-corrected chi connectivity index (χ3v) is 4.43. The van der Waals surface area contributed by atoms with E-state index in [0.717, 1.165) is 30.4 Å². The van der Waals surface area contributed by atoms with Crippen LogP contribution in [0.4, 0.5) is 10.5 Å². The van der Waals surface area contributed by atoms with Crippen LogP contribution < -0.4 is 10.2 Å². The van der Waals surface area contributed by atoms with Gasteiger partial charge in [-0.05, 0) is 48.7 Å². The quantitative estimate of drug-likeness (QED) is 0.839. The average Bonchev–Trinajstić information content (AvgIpc) is 3.12. The number of nitrogens with one attached hydrogen (secondary N) is 1. The van der Waals surface area contributed by atoms with E-state index in [2.05, 4.69) is 23.2 Å². The maximum absolute atomic E-state index is 11.7. The van der Waals surface area contributed by atoms with Gasteiger partial charge in [0.1, 0.15) is 0 Å². The van der Waals surface area contributed by atoms with E-state index in [1.54, 1.807) is 0 Å². The van der Waals surface area contributed by atoms with Crippen molar-refractivity contribution >= 4 is 34.7 Å². The van der Waals surface area contributed by atoms with Crippen molar-refractivity contribution in [2.45, 2.75) is 33.6 Å². The summed E-state index contributed by atoms with van der Waals surface area (Å²) in [6, 6.07) is 6.08. The van der Waals surface area contributed by atoms with E-state index in [0.29, 0.717) is 4.91 Å². The number of amides is 2. The van der Waals surface area contributed by atoms with Crippen molar-refractivity contribution in [2.75, 3.05) is 18.0 Å². The third-order valence-electron chi connectivity index (χ3n) is 3.62. The minimum atomic E-state index is -0.297. The molecule has 2 aliphatic rings. The molecule has 0 aromatic heterocycles. The predicted molar refractivity (Wildman–Crippen MR) is 93.1 cm³/mol. The Morgan fingerprint density at radius 2 is 1.86 bits per heavy atom. The van der Waals surface area contributed by atoms with Crippen LogP contribution >= 0.6 is 11.8 Å². The van der Waals surface area contributed by atoms with Crippen molar-refractivity contribution in [3.05, 3.63) is 34.2 Å². The molecule has 2 amide bonds. The summed E-state index contributed by atoms with van der Waals surface area (Å²) in [6.45, 7) is 8.20. The molecule has 5 heteroatoms. The lowest BCUT2D eigenvalue weighted by molar-refractivity contribution is -0.115. The first-order chi connectivity index (χ1) is 10.6. The summed E-state index contributed by atoms with van der Waals surface area (Å²) in [5, 5.41) is 2.00. The van der Waals surface area contributed by atoms with Crippen molar-refractivity contribution in [2.24, 2.45) is 0 Å². The Morgan fingerprint density at radius 1 is 1.18 bits per heavy atom. The highest BCUT2D eigenvalue weighted by Crippen LogP contribution is 2.33. The molecule has 0 atom stereocenters. The van der Waals surface area contributed by atoms with E-state index in [4.69, 9.17) is 0 Å². The summed E-state index contributed by atoms with van der Waals surface area (Å²) < 4.78 is 0.